The van der Waals surface area contributed by atoms with Gasteiger partial charge in [-0.15, -0.1) is 0 Å². The van der Waals surface area contributed by atoms with Gasteiger partial charge in [0.1, 0.15) is 6.17 Å². The quantitative estimate of drug-likeness (QED) is 0.410. The third-order valence-electron chi connectivity index (χ3n) is 1.10. The summed E-state index contributed by atoms with van der Waals surface area (Å²) in [6.45, 7) is 7.20. The fraction of sp³-hybridized carbons (Fsp3) is 0.667. The van der Waals surface area contributed by atoms with Crippen LogP contribution in [0.1, 0.15) is 13.8 Å². The Kier molecular flexibility index (Phi) is 3.67. The minimum Gasteiger partial charge on any atom is -0.277 e. The second-order valence-corrected chi connectivity index (χ2v) is 1.76. The summed E-state index contributed by atoms with van der Waals surface area (Å²) in [5.41, 5.74) is 0. The first kappa shape index (κ1) is 8.14. The number of aliphatic imine (C=N–C) groups is 1. The van der Waals surface area contributed by atoms with Gasteiger partial charge >= 0.3 is 0 Å². The van der Waals surface area contributed by atoms with Gasteiger partial charge in [0.25, 0.3) is 0 Å². The van der Waals surface area contributed by atoms with Crippen LogP contribution in [0.4, 0.5) is 0 Å². The molecule has 9 heavy (non-hydrogen) atoms. The Morgan fingerprint density at radius 3 is 2.56 bits per heavy atom. The Morgan fingerprint density at radius 2 is 2.22 bits per heavy atom. The first-order valence-electron chi connectivity index (χ1n) is 2.89. The first-order chi connectivity index (χ1) is 4.22. The van der Waals surface area contributed by atoms with E-state index in [-0.39, 0.29) is 6.17 Å². The molecule has 0 N–H and O–H groups in total. The molecule has 52 valence electrons. The Morgan fingerprint density at radius 1 is 1.67 bits per heavy atom. The van der Waals surface area contributed by atoms with Crippen molar-refractivity contribution < 1.29 is 0 Å². The van der Waals surface area contributed by atoms with E-state index in [1.165, 1.54) is 0 Å². The number of hydrazone groups is 1. The van der Waals surface area contributed by atoms with E-state index in [2.05, 4.69) is 16.8 Å². The van der Waals surface area contributed by atoms with Gasteiger partial charge in [-0.1, -0.05) is 0 Å². The molecule has 0 aromatic carbocycles. The third kappa shape index (κ3) is 2.85. The molecular weight excluding hydrogens is 114 g/mol. The fourth-order valence-electron chi connectivity index (χ4n) is 0.397. The van der Waals surface area contributed by atoms with Crippen LogP contribution in [0.5, 0.6) is 0 Å². The standard InChI is InChI=1S/C6H13N3/c1-5-8-9(4)6(2)7-3/h5-6H,3H2,1-2,4H3/b8-5-. The van der Waals surface area contributed by atoms with Crippen LogP contribution in [-0.4, -0.2) is 31.2 Å². The molecule has 3 nitrogen and oxygen atoms in total. The van der Waals surface area contributed by atoms with E-state index >= 15 is 0 Å². The molecule has 0 aliphatic heterocycles. The molecule has 0 radical (unpaired) electrons. The molecule has 0 heterocycles. The van der Waals surface area contributed by atoms with Gasteiger partial charge in [0, 0.05) is 13.3 Å². The van der Waals surface area contributed by atoms with Gasteiger partial charge in [0.05, 0.1) is 0 Å². The lowest BCUT2D eigenvalue weighted by molar-refractivity contribution is 0.281. The lowest BCUT2D eigenvalue weighted by Crippen LogP contribution is -2.21. The van der Waals surface area contributed by atoms with Crippen LogP contribution < -0.4 is 0 Å². The zero-order valence-electron chi connectivity index (χ0n) is 6.20. The van der Waals surface area contributed by atoms with Crippen molar-refractivity contribution >= 4 is 12.9 Å². The summed E-state index contributed by atoms with van der Waals surface area (Å²) in [6.07, 6.45) is 1.79. The zero-order chi connectivity index (χ0) is 7.28. The molecule has 3 heteroatoms. The van der Waals surface area contributed by atoms with Crippen LogP contribution >= 0.6 is 0 Å². The number of hydrogen-bond acceptors (Lipinski definition) is 3. The molecule has 0 rings (SSSR count). The van der Waals surface area contributed by atoms with Gasteiger partial charge in [-0.3, -0.25) is 10.0 Å². The minimum atomic E-state index is 0.0706. The molecule has 0 saturated carbocycles. The summed E-state index contributed by atoms with van der Waals surface area (Å²) in [6, 6.07) is 0. The van der Waals surface area contributed by atoms with Crippen molar-refractivity contribution in [2.45, 2.75) is 20.0 Å². The summed E-state index contributed by atoms with van der Waals surface area (Å²) in [5, 5.41) is 5.71. The molecule has 0 aromatic heterocycles. The van der Waals surface area contributed by atoms with Crippen molar-refractivity contribution in [3.63, 3.8) is 0 Å². The highest BCUT2D eigenvalue weighted by Crippen LogP contribution is 1.93. The van der Waals surface area contributed by atoms with E-state index in [1.54, 1.807) is 11.2 Å². The molecule has 0 spiro atoms. The van der Waals surface area contributed by atoms with E-state index in [4.69, 9.17) is 0 Å². The average Bonchev–Trinajstić information content (AvgIpc) is 1.87. The van der Waals surface area contributed by atoms with Crippen LogP contribution in [-0.2, 0) is 0 Å². The molecule has 0 saturated heterocycles. The predicted octanol–water partition coefficient (Wildman–Crippen LogP) is 0.971. The van der Waals surface area contributed by atoms with Gasteiger partial charge in [-0.25, -0.2) is 0 Å². The van der Waals surface area contributed by atoms with Crippen LogP contribution in [0.15, 0.2) is 10.1 Å². The zero-order valence-corrected chi connectivity index (χ0v) is 6.20. The molecular formula is C6H13N3. The molecule has 1 atom stereocenters. The van der Waals surface area contributed by atoms with Crippen molar-refractivity contribution in [2.24, 2.45) is 10.1 Å². The van der Waals surface area contributed by atoms with Gasteiger partial charge < -0.3 is 0 Å². The predicted molar refractivity (Wildman–Crippen MR) is 40.9 cm³/mol. The maximum atomic E-state index is 3.97. The largest absolute Gasteiger partial charge is 0.277 e. The summed E-state index contributed by atoms with van der Waals surface area (Å²) in [5.74, 6) is 0. The van der Waals surface area contributed by atoms with E-state index in [0.717, 1.165) is 0 Å². The lowest BCUT2D eigenvalue weighted by Gasteiger charge is -2.15. The molecule has 0 aliphatic rings. The molecule has 0 aromatic rings. The Bertz CT molecular complexity index is 109. The van der Waals surface area contributed by atoms with Crippen LogP contribution in [0.3, 0.4) is 0 Å². The lowest BCUT2D eigenvalue weighted by atomic mass is 10.6. The van der Waals surface area contributed by atoms with Crippen molar-refractivity contribution in [2.75, 3.05) is 7.05 Å². The second kappa shape index (κ2) is 4.06. The van der Waals surface area contributed by atoms with E-state index < -0.39 is 0 Å². The summed E-state index contributed by atoms with van der Waals surface area (Å²) in [7, 11) is 1.86. The average molecular weight is 127 g/mol. The second-order valence-electron chi connectivity index (χ2n) is 1.76. The first-order valence-corrected chi connectivity index (χ1v) is 2.89. The monoisotopic (exact) mass is 127 g/mol. The SMILES string of the molecule is C=NC(C)N(C)/N=C\C. The molecule has 0 aliphatic carbocycles. The van der Waals surface area contributed by atoms with Gasteiger partial charge in [-0.05, 0) is 20.6 Å². The van der Waals surface area contributed by atoms with Crippen molar-refractivity contribution in [1.82, 2.24) is 5.01 Å². The van der Waals surface area contributed by atoms with Gasteiger partial charge in [0.15, 0.2) is 0 Å². The highest BCUT2D eigenvalue weighted by molar-refractivity contribution is 5.52. The molecule has 0 bridgehead atoms. The van der Waals surface area contributed by atoms with Crippen LogP contribution in [0.2, 0.25) is 0 Å². The van der Waals surface area contributed by atoms with Crippen molar-refractivity contribution in [3.05, 3.63) is 0 Å². The maximum absolute atomic E-state index is 3.97. The van der Waals surface area contributed by atoms with E-state index in [1.807, 2.05) is 20.9 Å². The summed E-state index contributed by atoms with van der Waals surface area (Å²) in [4.78, 5) is 3.77. The van der Waals surface area contributed by atoms with E-state index in [0.29, 0.717) is 0 Å². The van der Waals surface area contributed by atoms with Crippen LogP contribution in [0, 0.1) is 0 Å². The smallest absolute Gasteiger partial charge is 0.133 e. The van der Waals surface area contributed by atoms with Gasteiger partial charge in [0.2, 0.25) is 0 Å². The number of nitrogens with zero attached hydrogens (tertiary/aromatic N) is 3. The summed E-state index contributed by atoms with van der Waals surface area (Å²) < 4.78 is 0. The maximum Gasteiger partial charge on any atom is 0.133 e. The number of rotatable bonds is 3. The van der Waals surface area contributed by atoms with Crippen molar-refractivity contribution in [1.29, 1.82) is 0 Å². The normalized spacial score (nSPS) is 13.7. The van der Waals surface area contributed by atoms with Gasteiger partial charge in [-0.2, -0.15) is 5.10 Å². The fourth-order valence-corrected chi connectivity index (χ4v) is 0.397. The highest BCUT2D eigenvalue weighted by Gasteiger charge is 1.98. The molecule has 1 unspecified atom stereocenters. The van der Waals surface area contributed by atoms with Crippen LogP contribution in [0.25, 0.3) is 0 Å². The molecule has 0 amide bonds. The summed E-state index contributed by atoms with van der Waals surface area (Å²) >= 11 is 0. The Labute approximate surface area is 56.1 Å². The number of hydrogen-bond donors (Lipinski definition) is 0. The van der Waals surface area contributed by atoms with E-state index in [9.17, 15) is 0 Å². The topological polar surface area (TPSA) is 28.0 Å². The Hall–Kier alpha value is -0.860. The highest BCUT2D eigenvalue weighted by atomic mass is 15.5. The minimum absolute atomic E-state index is 0.0706. The Balaban J connectivity index is 3.71. The third-order valence-corrected chi connectivity index (χ3v) is 1.10. The molecule has 0 fully saturated rings. The van der Waals surface area contributed by atoms with Crippen molar-refractivity contribution in [3.8, 4) is 0 Å².